The van der Waals surface area contributed by atoms with E-state index in [1.165, 1.54) is 11.3 Å². The average molecular weight is 481 g/mol. The quantitative estimate of drug-likeness (QED) is 0.395. The van der Waals surface area contributed by atoms with Crippen molar-refractivity contribution in [2.45, 2.75) is 59.7 Å². The maximum absolute atomic E-state index is 11.9. The lowest BCUT2D eigenvalue weighted by Crippen LogP contribution is -2.32. The van der Waals surface area contributed by atoms with Crippen LogP contribution in [-0.4, -0.2) is 41.2 Å². The molecule has 0 aliphatic rings. The lowest BCUT2D eigenvalue weighted by Gasteiger charge is -2.19. The number of fused-ring (bicyclic) bond motifs is 1. The number of hydrogen-bond donors (Lipinski definition) is 2. The van der Waals surface area contributed by atoms with Gasteiger partial charge in [0.15, 0.2) is 5.82 Å². The first-order chi connectivity index (χ1) is 16.1. The lowest BCUT2D eigenvalue weighted by molar-refractivity contribution is 0.0523. The van der Waals surface area contributed by atoms with Crippen LogP contribution in [0, 0.1) is 6.92 Å². The Morgan fingerprint density at radius 2 is 1.94 bits per heavy atom. The van der Waals surface area contributed by atoms with Gasteiger partial charge in [0.1, 0.15) is 33.6 Å². The molecule has 4 rings (SSSR count). The highest BCUT2D eigenvalue weighted by atomic mass is 32.1. The number of amides is 1. The topological polar surface area (TPSA) is 120 Å². The molecule has 0 bridgehead atoms. The van der Waals surface area contributed by atoms with Crippen LogP contribution in [0.15, 0.2) is 30.7 Å². The number of anilines is 2. The number of imidazole rings is 1. The van der Waals surface area contributed by atoms with Crippen molar-refractivity contribution in [1.82, 2.24) is 34.8 Å². The van der Waals surface area contributed by atoms with Gasteiger partial charge in [0.2, 0.25) is 0 Å². The third kappa shape index (κ3) is 5.48. The number of nitrogens with one attached hydrogen (secondary N) is 2. The minimum absolute atomic E-state index is 0.268. The van der Waals surface area contributed by atoms with Crippen LogP contribution in [0.3, 0.4) is 0 Å². The van der Waals surface area contributed by atoms with Crippen molar-refractivity contribution in [3.63, 3.8) is 0 Å². The highest BCUT2D eigenvalue weighted by molar-refractivity contribution is 7.15. The Morgan fingerprint density at radius 1 is 1.15 bits per heavy atom. The Morgan fingerprint density at radius 3 is 2.68 bits per heavy atom. The molecule has 11 heteroatoms. The van der Waals surface area contributed by atoms with Gasteiger partial charge in [-0.25, -0.2) is 29.7 Å². The molecule has 2 N–H and O–H groups in total. The van der Waals surface area contributed by atoms with Gasteiger partial charge in [-0.1, -0.05) is 0 Å². The maximum atomic E-state index is 11.9. The number of alkyl carbamates (subject to hydrolysis) is 1. The van der Waals surface area contributed by atoms with Crippen LogP contribution >= 0.6 is 11.3 Å². The molecule has 1 amide bonds. The van der Waals surface area contributed by atoms with Crippen molar-refractivity contribution in [2.24, 2.45) is 0 Å². The highest BCUT2D eigenvalue weighted by Gasteiger charge is 2.17. The first kappa shape index (κ1) is 23.6. The molecule has 0 aliphatic carbocycles. The van der Waals surface area contributed by atoms with E-state index in [1.54, 1.807) is 24.7 Å². The van der Waals surface area contributed by atoms with Crippen molar-refractivity contribution in [1.29, 1.82) is 0 Å². The second-order valence-electron chi connectivity index (χ2n) is 9.05. The molecule has 0 aliphatic heterocycles. The number of nitrogens with zero attached hydrogens (tertiary/aromatic N) is 6. The summed E-state index contributed by atoms with van der Waals surface area (Å²) in [6, 6.07) is 4.05. The summed E-state index contributed by atoms with van der Waals surface area (Å²) in [5.74, 6) is 2.78. The summed E-state index contributed by atoms with van der Waals surface area (Å²) in [6.07, 6.45) is 4.66. The van der Waals surface area contributed by atoms with Gasteiger partial charge in [-0.05, 0) is 47.6 Å². The fraction of sp³-hybridized carbons (Fsp3) is 0.391. The molecule has 0 radical (unpaired) electrons. The Balaban J connectivity index is 1.48. The van der Waals surface area contributed by atoms with Gasteiger partial charge in [-0.15, -0.1) is 11.3 Å². The first-order valence-corrected chi connectivity index (χ1v) is 11.8. The Kier molecular flexibility index (Phi) is 6.47. The van der Waals surface area contributed by atoms with Crippen molar-refractivity contribution in [3.8, 4) is 10.7 Å². The lowest BCUT2D eigenvalue weighted by atomic mass is 10.2. The van der Waals surface area contributed by atoms with E-state index in [-0.39, 0.29) is 12.6 Å². The van der Waals surface area contributed by atoms with Crippen LogP contribution in [0.25, 0.3) is 21.7 Å². The second-order valence-corrected chi connectivity index (χ2v) is 10.2. The second kappa shape index (κ2) is 9.34. The van der Waals surface area contributed by atoms with Crippen LogP contribution in [0.2, 0.25) is 0 Å². The van der Waals surface area contributed by atoms with Crippen LogP contribution in [0.1, 0.15) is 51.5 Å². The number of thiazole rings is 1. The van der Waals surface area contributed by atoms with Gasteiger partial charge in [0, 0.05) is 24.5 Å². The molecule has 0 unspecified atom stereocenters. The molecule has 4 aromatic rings. The summed E-state index contributed by atoms with van der Waals surface area (Å²) in [5, 5.41) is 6.70. The van der Waals surface area contributed by atoms with E-state index >= 15 is 0 Å². The molecule has 10 nitrogen and oxygen atoms in total. The van der Waals surface area contributed by atoms with Crippen molar-refractivity contribution in [2.75, 3.05) is 5.32 Å². The molecule has 34 heavy (non-hydrogen) atoms. The van der Waals surface area contributed by atoms with Crippen LogP contribution in [0.5, 0.6) is 0 Å². The summed E-state index contributed by atoms with van der Waals surface area (Å²) in [5.41, 5.74) is 1.33. The standard InChI is InChI=1S/C23H28N8O2S/c1-13(2)31-14(3)28-15-10-25-19(9-16(15)31)29-18-7-8-24-21(30-18)17-11-26-20(34-17)12-27-22(32)33-23(4,5)6/h7-11,13H,12H2,1-6H3,(H,27,32)(H,24,25,29,30). The molecule has 0 fully saturated rings. The molecule has 0 saturated heterocycles. The molecule has 4 heterocycles. The SMILES string of the molecule is Cc1nc2cnc(Nc3ccnc(-c4cnc(CNC(=O)OC(C)(C)C)s4)n3)cc2n1C(C)C. The number of hydrogen-bond acceptors (Lipinski definition) is 9. The summed E-state index contributed by atoms with van der Waals surface area (Å²) in [4.78, 5) is 35.1. The monoisotopic (exact) mass is 480 g/mol. The van der Waals surface area contributed by atoms with Crippen molar-refractivity contribution >= 4 is 40.1 Å². The van der Waals surface area contributed by atoms with Gasteiger partial charge < -0.3 is 19.9 Å². The highest BCUT2D eigenvalue weighted by Crippen LogP contribution is 2.26. The smallest absolute Gasteiger partial charge is 0.408 e. The molecule has 178 valence electrons. The summed E-state index contributed by atoms with van der Waals surface area (Å²) in [7, 11) is 0. The Bertz CT molecular complexity index is 1320. The van der Waals surface area contributed by atoms with E-state index in [0.717, 1.165) is 26.7 Å². The van der Waals surface area contributed by atoms with Crippen molar-refractivity contribution in [3.05, 3.63) is 41.6 Å². The number of aryl methyl sites for hydroxylation is 1. The van der Waals surface area contributed by atoms with E-state index in [4.69, 9.17) is 4.74 Å². The summed E-state index contributed by atoms with van der Waals surface area (Å²) >= 11 is 1.41. The van der Waals surface area contributed by atoms with Crippen molar-refractivity contribution < 1.29 is 9.53 Å². The minimum Gasteiger partial charge on any atom is -0.444 e. The van der Waals surface area contributed by atoms with Crippen LogP contribution in [-0.2, 0) is 11.3 Å². The zero-order chi connectivity index (χ0) is 24.5. The Hall–Kier alpha value is -3.60. The molecule has 0 atom stereocenters. The van der Waals surface area contributed by atoms with E-state index in [0.29, 0.717) is 17.5 Å². The van der Waals surface area contributed by atoms with Crippen LogP contribution < -0.4 is 10.6 Å². The number of carbonyl (C=O) groups is 1. The van der Waals surface area contributed by atoms with Gasteiger partial charge in [0.05, 0.1) is 23.1 Å². The molecule has 0 saturated carbocycles. The maximum Gasteiger partial charge on any atom is 0.408 e. The summed E-state index contributed by atoms with van der Waals surface area (Å²) < 4.78 is 7.43. The number of pyridine rings is 1. The van der Waals surface area contributed by atoms with Gasteiger partial charge in [-0.2, -0.15) is 0 Å². The molecular weight excluding hydrogens is 452 g/mol. The largest absolute Gasteiger partial charge is 0.444 e. The minimum atomic E-state index is -0.550. The number of carbonyl (C=O) groups excluding carboxylic acids is 1. The number of ether oxygens (including phenoxy) is 1. The normalized spacial score (nSPS) is 11.7. The Labute approximate surface area is 201 Å². The predicted molar refractivity (Wildman–Crippen MR) is 132 cm³/mol. The average Bonchev–Trinajstić information content (AvgIpc) is 3.34. The summed E-state index contributed by atoms with van der Waals surface area (Å²) in [6.45, 7) is 12.0. The van der Waals surface area contributed by atoms with Gasteiger partial charge >= 0.3 is 6.09 Å². The van der Waals surface area contributed by atoms with Gasteiger partial charge in [-0.3, -0.25) is 0 Å². The zero-order valence-electron chi connectivity index (χ0n) is 20.1. The van der Waals surface area contributed by atoms with Crippen LogP contribution in [0.4, 0.5) is 16.4 Å². The third-order valence-electron chi connectivity index (χ3n) is 4.74. The van der Waals surface area contributed by atoms with E-state index in [1.807, 2.05) is 33.8 Å². The van der Waals surface area contributed by atoms with Gasteiger partial charge in [0.25, 0.3) is 0 Å². The predicted octanol–water partition coefficient (Wildman–Crippen LogP) is 5.00. The fourth-order valence-corrected chi connectivity index (χ4v) is 4.27. The number of aromatic nitrogens is 6. The molecular formula is C23H28N8O2S. The third-order valence-corrected chi connectivity index (χ3v) is 5.73. The van der Waals surface area contributed by atoms with E-state index < -0.39 is 11.7 Å². The first-order valence-electron chi connectivity index (χ1n) is 11.0. The molecule has 4 aromatic heterocycles. The van der Waals surface area contributed by atoms with E-state index in [9.17, 15) is 4.79 Å². The fourth-order valence-electron chi connectivity index (χ4n) is 3.47. The zero-order valence-corrected chi connectivity index (χ0v) is 20.9. The molecule has 0 aromatic carbocycles. The molecule has 0 spiro atoms. The number of rotatable bonds is 6. The van der Waals surface area contributed by atoms with E-state index in [2.05, 4.69) is 54.0 Å².